The second-order valence-corrected chi connectivity index (χ2v) is 5.77. The van der Waals surface area contributed by atoms with Gasteiger partial charge in [-0.05, 0) is 18.9 Å². The molecule has 2 atom stereocenters. The van der Waals surface area contributed by atoms with Crippen LogP contribution < -0.4 is 5.32 Å². The van der Waals surface area contributed by atoms with Gasteiger partial charge in [0.05, 0.1) is 6.10 Å². The predicted octanol–water partition coefficient (Wildman–Crippen LogP) is 4.28. The van der Waals surface area contributed by atoms with Crippen LogP contribution in [-0.2, 0) is 6.54 Å². The number of aliphatic hydroxyl groups is 1. The highest BCUT2D eigenvalue weighted by Gasteiger charge is 2.13. The maximum Gasteiger partial charge on any atom is 0.0665 e. The number of hydrogen-bond acceptors (Lipinski definition) is 2. The summed E-state index contributed by atoms with van der Waals surface area (Å²) in [5.74, 6) is 0. The van der Waals surface area contributed by atoms with Gasteiger partial charge in [0.25, 0.3) is 0 Å². The molecule has 0 radical (unpaired) electrons. The minimum Gasteiger partial charge on any atom is -0.392 e. The van der Waals surface area contributed by atoms with Gasteiger partial charge in [-0.1, -0.05) is 75.8 Å². The van der Waals surface area contributed by atoms with E-state index in [1.807, 2.05) is 13.0 Å². The molecule has 0 saturated heterocycles. The summed E-state index contributed by atoms with van der Waals surface area (Å²) in [4.78, 5) is 0. The van der Waals surface area contributed by atoms with E-state index in [2.05, 4.69) is 36.5 Å². The zero-order valence-electron chi connectivity index (χ0n) is 13.1. The van der Waals surface area contributed by atoms with Crippen molar-refractivity contribution in [2.75, 3.05) is 0 Å². The lowest BCUT2D eigenvalue weighted by molar-refractivity contribution is 0.137. The van der Waals surface area contributed by atoms with E-state index in [9.17, 15) is 5.11 Å². The molecule has 0 aliphatic carbocycles. The Labute approximate surface area is 124 Å². The van der Waals surface area contributed by atoms with Crippen LogP contribution in [0.4, 0.5) is 0 Å². The van der Waals surface area contributed by atoms with Crippen molar-refractivity contribution in [3.05, 3.63) is 35.9 Å². The fourth-order valence-corrected chi connectivity index (χ4v) is 2.50. The first-order valence-corrected chi connectivity index (χ1v) is 8.19. The van der Waals surface area contributed by atoms with Crippen LogP contribution in [0, 0.1) is 0 Å². The Morgan fingerprint density at radius 3 is 2.30 bits per heavy atom. The molecule has 1 aromatic rings. The average molecular weight is 277 g/mol. The third-order valence-electron chi connectivity index (χ3n) is 3.86. The van der Waals surface area contributed by atoms with Crippen LogP contribution in [0.1, 0.15) is 64.4 Å². The number of hydrogen-bond donors (Lipinski definition) is 2. The second kappa shape index (κ2) is 10.9. The van der Waals surface area contributed by atoms with Gasteiger partial charge in [0.2, 0.25) is 0 Å². The minimum atomic E-state index is -0.283. The summed E-state index contributed by atoms with van der Waals surface area (Å²) < 4.78 is 0. The van der Waals surface area contributed by atoms with Gasteiger partial charge in [-0.3, -0.25) is 0 Å². The first-order chi connectivity index (χ1) is 9.74. The van der Waals surface area contributed by atoms with Crippen LogP contribution in [0.15, 0.2) is 30.3 Å². The monoisotopic (exact) mass is 277 g/mol. The van der Waals surface area contributed by atoms with E-state index in [0.29, 0.717) is 0 Å². The summed E-state index contributed by atoms with van der Waals surface area (Å²) in [7, 11) is 0. The van der Waals surface area contributed by atoms with E-state index >= 15 is 0 Å². The highest BCUT2D eigenvalue weighted by molar-refractivity contribution is 5.14. The highest BCUT2D eigenvalue weighted by atomic mass is 16.3. The Morgan fingerprint density at radius 2 is 1.65 bits per heavy atom. The maximum atomic E-state index is 9.87. The second-order valence-electron chi connectivity index (χ2n) is 5.77. The van der Waals surface area contributed by atoms with E-state index in [1.165, 1.54) is 44.1 Å². The third kappa shape index (κ3) is 7.66. The Balaban J connectivity index is 2.20. The molecule has 1 rings (SSSR count). The Kier molecular flexibility index (Phi) is 9.35. The van der Waals surface area contributed by atoms with Crippen LogP contribution in [-0.4, -0.2) is 17.3 Å². The molecule has 114 valence electrons. The number of unbranched alkanes of at least 4 members (excludes halogenated alkanes) is 5. The third-order valence-corrected chi connectivity index (χ3v) is 3.86. The number of aliphatic hydroxyl groups excluding tert-OH is 1. The van der Waals surface area contributed by atoms with E-state index in [1.54, 1.807) is 0 Å². The van der Waals surface area contributed by atoms with Crippen LogP contribution in [0.25, 0.3) is 0 Å². The van der Waals surface area contributed by atoms with Crippen molar-refractivity contribution in [2.24, 2.45) is 0 Å². The van der Waals surface area contributed by atoms with E-state index < -0.39 is 0 Å². The van der Waals surface area contributed by atoms with Crippen molar-refractivity contribution in [3.8, 4) is 0 Å². The van der Waals surface area contributed by atoms with Gasteiger partial charge >= 0.3 is 0 Å². The van der Waals surface area contributed by atoms with Gasteiger partial charge in [-0.2, -0.15) is 0 Å². The summed E-state index contributed by atoms with van der Waals surface area (Å²) in [5, 5.41) is 13.4. The molecule has 2 nitrogen and oxygen atoms in total. The summed E-state index contributed by atoms with van der Waals surface area (Å²) in [6, 6.07) is 10.6. The fraction of sp³-hybridized carbons (Fsp3) is 0.667. The topological polar surface area (TPSA) is 32.3 Å². The molecule has 1 aromatic carbocycles. The summed E-state index contributed by atoms with van der Waals surface area (Å²) in [6.45, 7) is 4.98. The minimum absolute atomic E-state index is 0.210. The zero-order chi connectivity index (χ0) is 14.6. The van der Waals surface area contributed by atoms with Crippen LogP contribution >= 0.6 is 0 Å². The van der Waals surface area contributed by atoms with Gasteiger partial charge in [0, 0.05) is 12.6 Å². The van der Waals surface area contributed by atoms with Crippen LogP contribution in [0.3, 0.4) is 0 Å². The fourth-order valence-electron chi connectivity index (χ4n) is 2.50. The lowest BCUT2D eigenvalue weighted by Gasteiger charge is -2.21. The molecular formula is C18H31NO. The van der Waals surface area contributed by atoms with Gasteiger partial charge < -0.3 is 10.4 Å². The van der Waals surface area contributed by atoms with Crippen molar-refractivity contribution in [1.29, 1.82) is 0 Å². The van der Waals surface area contributed by atoms with Crippen molar-refractivity contribution >= 4 is 0 Å². The lowest BCUT2D eigenvalue weighted by atomic mass is 10.0. The predicted molar refractivity (Wildman–Crippen MR) is 86.7 cm³/mol. The molecular weight excluding hydrogens is 246 g/mol. The number of benzene rings is 1. The van der Waals surface area contributed by atoms with Gasteiger partial charge in [0.15, 0.2) is 0 Å². The summed E-state index contributed by atoms with van der Waals surface area (Å²) in [5.41, 5.74) is 1.28. The van der Waals surface area contributed by atoms with Crippen molar-refractivity contribution < 1.29 is 5.11 Å². The lowest BCUT2D eigenvalue weighted by Crippen LogP contribution is -2.37. The van der Waals surface area contributed by atoms with Crippen LogP contribution in [0.2, 0.25) is 0 Å². The first kappa shape index (κ1) is 17.2. The Hall–Kier alpha value is -0.860. The standard InChI is InChI=1S/C18H31NO/c1-3-4-5-6-7-11-14-18(16(2)20)19-15-17-12-9-8-10-13-17/h8-10,12-13,16,18-20H,3-7,11,14-15H2,1-2H3/t16-,18-/m0/s1. The van der Waals surface area contributed by atoms with Gasteiger partial charge in [-0.25, -0.2) is 0 Å². The molecule has 0 bridgehead atoms. The molecule has 0 aromatic heterocycles. The van der Waals surface area contributed by atoms with E-state index in [-0.39, 0.29) is 12.1 Å². The zero-order valence-corrected chi connectivity index (χ0v) is 13.1. The molecule has 20 heavy (non-hydrogen) atoms. The van der Waals surface area contributed by atoms with Crippen molar-refractivity contribution in [1.82, 2.24) is 5.32 Å². The quantitative estimate of drug-likeness (QED) is 0.592. The molecule has 0 amide bonds. The first-order valence-electron chi connectivity index (χ1n) is 8.19. The van der Waals surface area contributed by atoms with E-state index in [0.717, 1.165) is 13.0 Å². The van der Waals surface area contributed by atoms with Crippen molar-refractivity contribution in [2.45, 2.75) is 77.5 Å². The number of nitrogens with one attached hydrogen (secondary N) is 1. The van der Waals surface area contributed by atoms with E-state index in [4.69, 9.17) is 0 Å². The maximum absolute atomic E-state index is 9.87. The SMILES string of the molecule is CCCCCCCC[C@H](NCc1ccccc1)[C@H](C)O. The van der Waals surface area contributed by atoms with Gasteiger partial charge in [0.1, 0.15) is 0 Å². The molecule has 0 saturated carbocycles. The molecule has 0 unspecified atom stereocenters. The largest absolute Gasteiger partial charge is 0.392 e. The molecule has 0 heterocycles. The van der Waals surface area contributed by atoms with Crippen molar-refractivity contribution in [3.63, 3.8) is 0 Å². The summed E-state index contributed by atoms with van der Waals surface area (Å²) in [6.07, 6.45) is 8.62. The highest BCUT2D eigenvalue weighted by Crippen LogP contribution is 2.11. The molecule has 2 N–H and O–H groups in total. The molecule has 0 aliphatic rings. The van der Waals surface area contributed by atoms with Crippen LogP contribution in [0.5, 0.6) is 0 Å². The van der Waals surface area contributed by atoms with Gasteiger partial charge in [-0.15, -0.1) is 0 Å². The Bertz CT molecular complexity index is 323. The molecule has 0 aliphatic heterocycles. The molecule has 0 spiro atoms. The molecule has 0 fully saturated rings. The molecule has 2 heteroatoms. The summed E-state index contributed by atoms with van der Waals surface area (Å²) >= 11 is 0. The Morgan fingerprint density at radius 1 is 1.00 bits per heavy atom. The normalized spacial score (nSPS) is 14.2. The number of rotatable bonds is 11. The average Bonchev–Trinajstić information content (AvgIpc) is 2.46. The smallest absolute Gasteiger partial charge is 0.0665 e.